The van der Waals surface area contributed by atoms with E-state index < -0.39 is 5.97 Å². The SMILES string of the molecule is COC(=O)c1c(NC(=O)c2ccc(OC)cc2OC)sc2c1CCN(Cc1ccccc1)C2.Cl. The lowest BCUT2D eigenvalue weighted by atomic mass is 10.0. The van der Waals surface area contributed by atoms with E-state index in [4.69, 9.17) is 14.2 Å². The van der Waals surface area contributed by atoms with Crippen molar-refractivity contribution in [1.82, 2.24) is 4.90 Å². The minimum absolute atomic E-state index is 0. The van der Waals surface area contributed by atoms with Crippen LogP contribution >= 0.6 is 23.7 Å². The lowest BCUT2D eigenvalue weighted by Crippen LogP contribution is -2.29. The summed E-state index contributed by atoms with van der Waals surface area (Å²) >= 11 is 1.42. The number of anilines is 1. The maximum Gasteiger partial charge on any atom is 0.341 e. The van der Waals surface area contributed by atoms with Crippen LogP contribution in [0.3, 0.4) is 0 Å². The Kier molecular flexibility index (Phi) is 8.55. The number of fused-ring (bicyclic) bond motifs is 1. The van der Waals surface area contributed by atoms with Gasteiger partial charge in [-0.2, -0.15) is 0 Å². The molecule has 180 valence electrons. The average molecular weight is 503 g/mol. The van der Waals surface area contributed by atoms with Gasteiger partial charge in [-0.15, -0.1) is 23.7 Å². The van der Waals surface area contributed by atoms with E-state index in [1.807, 2.05) is 18.2 Å². The van der Waals surface area contributed by atoms with E-state index in [2.05, 4.69) is 22.3 Å². The minimum Gasteiger partial charge on any atom is -0.497 e. The molecule has 1 aliphatic heterocycles. The third kappa shape index (κ3) is 5.35. The summed E-state index contributed by atoms with van der Waals surface area (Å²) in [6, 6.07) is 15.3. The van der Waals surface area contributed by atoms with Crippen molar-refractivity contribution in [1.29, 1.82) is 0 Å². The van der Waals surface area contributed by atoms with Crippen molar-refractivity contribution >= 4 is 40.6 Å². The average Bonchev–Trinajstić information content (AvgIpc) is 3.20. The van der Waals surface area contributed by atoms with Crippen LogP contribution in [0.15, 0.2) is 48.5 Å². The van der Waals surface area contributed by atoms with E-state index in [1.54, 1.807) is 25.3 Å². The molecule has 1 N–H and O–H groups in total. The molecule has 0 fully saturated rings. The molecule has 0 bridgehead atoms. The van der Waals surface area contributed by atoms with Crippen LogP contribution in [0.2, 0.25) is 0 Å². The van der Waals surface area contributed by atoms with Crippen LogP contribution in [0.1, 0.15) is 36.7 Å². The number of methoxy groups -OCH3 is 3. The Morgan fingerprint density at radius 1 is 1.06 bits per heavy atom. The Bertz CT molecular complexity index is 1170. The Morgan fingerprint density at radius 2 is 1.82 bits per heavy atom. The molecule has 9 heteroatoms. The number of benzene rings is 2. The molecule has 7 nitrogen and oxygen atoms in total. The third-order valence-corrected chi connectivity index (χ3v) is 6.79. The van der Waals surface area contributed by atoms with Gasteiger partial charge in [0.25, 0.3) is 5.91 Å². The van der Waals surface area contributed by atoms with Gasteiger partial charge in [-0.1, -0.05) is 30.3 Å². The van der Waals surface area contributed by atoms with E-state index in [0.29, 0.717) is 40.6 Å². The summed E-state index contributed by atoms with van der Waals surface area (Å²) in [5.41, 5.74) is 2.99. The summed E-state index contributed by atoms with van der Waals surface area (Å²) in [6.45, 7) is 2.36. The minimum atomic E-state index is -0.444. The highest BCUT2D eigenvalue weighted by Gasteiger charge is 2.30. The molecular formula is C25H27ClN2O5S. The first-order valence-electron chi connectivity index (χ1n) is 10.6. The monoisotopic (exact) mass is 502 g/mol. The number of carbonyl (C=O) groups excluding carboxylic acids is 2. The summed E-state index contributed by atoms with van der Waals surface area (Å²) in [6.07, 6.45) is 0.713. The van der Waals surface area contributed by atoms with Gasteiger partial charge in [0.15, 0.2) is 0 Å². The predicted octanol–water partition coefficient (Wildman–Crippen LogP) is 4.78. The number of esters is 1. The molecule has 0 aliphatic carbocycles. The maximum atomic E-state index is 13.1. The first kappa shape index (κ1) is 25.6. The van der Waals surface area contributed by atoms with E-state index >= 15 is 0 Å². The first-order chi connectivity index (χ1) is 16.0. The smallest absolute Gasteiger partial charge is 0.341 e. The lowest BCUT2D eigenvalue weighted by molar-refractivity contribution is 0.0600. The van der Waals surface area contributed by atoms with Gasteiger partial charge in [0.2, 0.25) is 0 Å². The number of thiophene rings is 1. The number of rotatable bonds is 7. The number of hydrogen-bond acceptors (Lipinski definition) is 7. The van der Waals surface area contributed by atoms with Crippen LogP contribution in [0.5, 0.6) is 11.5 Å². The molecule has 0 spiro atoms. The van der Waals surface area contributed by atoms with Gasteiger partial charge in [-0.05, 0) is 29.7 Å². The predicted molar refractivity (Wildman–Crippen MR) is 135 cm³/mol. The summed E-state index contributed by atoms with van der Waals surface area (Å²) in [7, 11) is 4.40. The molecule has 1 aliphatic rings. The van der Waals surface area contributed by atoms with Gasteiger partial charge in [-0.25, -0.2) is 4.79 Å². The summed E-state index contributed by atoms with van der Waals surface area (Å²) in [4.78, 5) is 29.1. The van der Waals surface area contributed by atoms with Crippen molar-refractivity contribution in [3.05, 3.63) is 75.7 Å². The molecule has 0 radical (unpaired) electrons. The number of carbonyl (C=O) groups is 2. The number of nitrogens with zero attached hydrogens (tertiary/aromatic N) is 1. The summed E-state index contributed by atoms with van der Waals surface area (Å²) in [5.74, 6) is 0.172. The molecular weight excluding hydrogens is 476 g/mol. The van der Waals surface area contributed by atoms with Gasteiger partial charge in [0, 0.05) is 30.6 Å². The van der Waals surface area contributed by atoms with Crippen molar-refractivity contribution in [2.45, 2.75) is 19.5 Å². The van der Waals surface area contributed by atoms with E-state index in [1.165, 1.54) is 31.1 Å². The highest BCUT2D eigenvalue weighted by Crippen LogP contribution is 2.38. The number of hydrogen-bond donors (Lipinski definition) is 1. The van der Waals surface area contributed by atoms with Crippen molar-refractivity contribution in [3.8, 4) is 11.5 Å². The van der Waals surface area contributed by atoms with Gasteiger partial charge < -0.3 is 19.5 Å². The number of amides is 1. The first-order valence-corrected chi connectivity index (χ1v) is 11.4. The van der Waals surface area contributed by atoms with Crippen LogP contribution < -0.4 is 14.8 Å². The van der Waals surface area contributed by atoms with Crippen LogP contribution in [-0.4, -0.2) is 44.7 Å². The molecule has 0 saturated heterocycles. The molecule has 34 heavy (non-hydrogen) atoms. The van der Waals surface area contributed by atoms with Crippen molar-refractivity contribution in [2.24, 2.45) is 0 Å². The molecule has 4 rings (SSSR count). The largest absolute Gasteiger partial charge is 0.497 e. The molecule has 1 amide bonds. The number of nitrogens with one attached hydrogen (secondary N) is 1. The van der Waals surface area contributed by atoms with E-state index in [0.717, 1.165) is 23.5 Å². The van der Waals surface area contributed by atoms with Gasteiger partial charge in [0.05, 0.1) is 32.5 Å². The van der Waals surface area contributed by atoms with Gasteiger partial charge >= 0.3 is 5.97 Å². The topological polar surface area (TPSA) is 77.1 Å². The van der Waals surface area contributed by atoms with E-state index in [-0.39, 0.29) is 18.3 Å². The third-order valence-electron chi connectivity index (χ3n) is 5.65. The zero-order valence-electron chi connectivity index (χ0n) is 19.3. The summed E-state index contributed by atoms with van der Waals surface area (Å²) < 4.78 is 15.6. The molecule has 0 atom stereocenters. The second-order valence-corrected chi connectivity index (χ2v) is 8.77. The molecule has 2 heterocycles. The Labute approximate surface area is 209 Å². The molecule has 0 saturated carbocycles. The number of halogens is 1. The van der Waals surface area contributed by atoms with Crippen molar-refractivity contribution < 1.29 is 23.8 Å². The van der Waals surface area contributed by atoms with E-state index in [9.17, 15) is 9.59 Å². The van der Waals surface area contributed by atoms with Gasteiger partial charge in [-0.3, -0.25) is 9.69 Å². The second-order valence-electron chi connectivity index (χ2n) is 7.67. The molecule has 1 aromatic heterocycles. The molecule has 2 aromatic carbocycles. The quantitative estimate of drug-likeness (QED) is 0.468. The fourth-order valence-electron chi connectivity index (χ4n) is 4.00. The Morgan fingerprint density at radius 3 is 2.50 bits per heavy atom. The normalized spacial score (nSPS) is 12.8. The van der Waals surface area contributed by atoms with Crippen molar-refractivity contribution in [2.75, 3.05) is 33.2 Å². The maximum absolute atomic E-state index is 13.1. The standard InChI is InChI=1S/C25H26N2O5S.ClH/c1-30-17-9-10-18(20(13-17)31-2)23(28)26-24-22(25(29)32-3)19-11-12-27(15-21(19)33-24)14-16-7-5-4-6-8-16;/h4-10,13H,11-12,14-15H2,1-3H3,(H,26,28);1H. The molecule has 0 unspecified atom stereocenters. The van der Waals surface area contributed by atoms with Gasteiger partial charge in [0.1, 0.15) is 16.5 Å². The second kappa shape index (κ2) is 11.4. The number of ether oxygens (including phenoxy) is 3. The zero-order chi connectivity index (χ0) is 23.4. The fourth-order valence-corrected chi connectivity index (χ4v) is 5.27. The van der Waals surface area contributed by atoms with Crippen LogP contribution in [0.25, 0.3) is 0 Å². The van der Waals surface area contributed by atoms with Crippen LogP contribution in [0.4, 0.5) is 5.00 Å². The fraction of sp³-hybridized carbons (Fsp3) is 0.280. The lowest BCUT2D eigenvalue weighted by Gasteiger charge is -2.27. The highest BCUT2D eigenvalue weighted by molar-refractivity contribution is 7.17. The highest BCUT2D eigenvalue weighted by atomic mass is 35.5. The van der Waals surface area contributed by atoms with Crippen LogP contribution in [0, 0.1) is 0 Å². The summed E-state index contributed by atoms with van der Waals surface area (Å²) in [5, 5.41) is 3.41. The Balaban J connectivity index is 0.00000324. The van der Waals surface area contributed by atoms with Crippen molar-refractivity contribution in [3.63, 3.8) is 0 Å². The zero-order valence-corrected chi connectivity index (χ0v) is 20.9. The molecule has 3 aromatic rings. The Hall–Kier alpha value is -3.07. The van der Waals surface area contributed by atoms with Crippen LogP contribution in [-0.2, 0) is 24.2 Å².